The Balaban J connectivity index is 0.000000213. The monoisotopic (exact) mass is 649 g/mol. The van der Waals surface area contributed by atoms with Crippen molar-refractivity contribution in [3.63, 3.8) is 0 Å². The van der Waals surface area contributed by atoms with Crippen LogP contribution < -0.4 is 0 Å². The van der Waals surface area contributed by atoms with Gasteiger partial charge in [0.15, 0.2) is 0 Å². The van der Waals surface area contributed by atoms with Crippen molar-refractivity contribution >= 4 is 0 Å². The van der Waals surface area contributed by atoms with Crippen molar-refractivity contribution in [3.05, 3.63) is 144 Å². The molecule has 3 heteroatoms. The van der Waals surface area contributed by atoms with Crippen molar-refractivity contribution in [2.75, 3.05) is 0 Å². The number of hydrogen-bond donors (Lipinski definition) is 0. The molecule has 0 bridgehead atoms. The van der Waals surface area contributed by atoms with Crippen LogP contribution in [0.15, 0.2) is 116 Å². The van der Waals surface area contributed by atoms with Crippen LogP contribution in [0.5, 0.6) is 0 Å². The van der Waals surface area contributed by atoms with Gasteiger partial charge in [-0.15, -0.1) is 71.3 Å². The van der Waals surface area contributed by atoms with E-state index < -0.39 is 11.8 Å². The van der Waals surface area contributed by atoms with Gasteiger partial charge >= 0.3 is 0 Å². The number of rotatable bonds is 5. The maximum Gasteiger partial charge on any atom is 0.0346 e. The van der Waals surface area contributed by atoms with E-state index in [9.17, 15) is 0 Å². The van der Waals surface area contributed by atoms with E-state index in [2.05, 4.69) is 22.1 Å². The first-order valence-corrected chi connectivity index (χ1v) is 11.7. The Hall–Kier alpha value is -3.39. The summed E-state index contributed by atoms with van der Waals surface area (Å²) >= 11 is 0. The summed E-state index contributed by atoms with van der Waals surface area (Å²) in [6.07, 6.45) is 3.53. The van der Waals surface area contributed by atoms with Crippen molar-refractivity contribution in [2.45, 2.75) is 32.6 Å². The Morgan fingerprint density at radius 2 is 1.36 bits per heavy atom. The van der Waals surface area contributed by atoms with Gasteiger partial charge in [0, 0.05) is 35.2 Å². The van der Waals surface area contributed by atoms with Gasteiger partial charge in [-0.2, -0.15) is 0 Å². The molecule has 1 unspecified atom stereocenters. The average Bonchev–Trinajstić information content (AvgIpc) is 2.94. The molecule has 2 heterocycles. The summed E-state index contributed by atoms with van der Waals surface area (Å²) in [5.74, 6) is -1.37. The minimum atomic E-state index is -0.777. The second-order valence-corrected chi connectivity index (χ2v) is 8.40. The number of pyridine rings is 2. The van der Waals surface area contributed by atoms with E-state index in [1.54, 1.807) is 12.4 Å². The van der Waals surface area contributed by atoms with Crippen LogP contribution in [0.25, 0.3) is 22.5 Å². The Morgan fingerprint density at radius 1 is 0.639 bits per heavy atom. The molecule has 0 saturated heterocycles. The van der Waals surface area contributed by atoms with Crippen LogP contribution in [0.1, 0.15) is 52.0 Å². The molecule has 0 amide bonds. The van der Waals surface area contributed by atoms with Crippen molar-refractivity contribution in [3.8, 4) is 22.5 Å². The minimum Gasteiger partial charge on any atom is -0.305 e. The molecule has 0 saturated carbocycles. The Morgan fingerprint density at radius 3 is 2.00 bits per heavy atom. The van der Waals surface area contributed by atoms with E-state index in [1.807, 2.05) is 124 Å². The summed E-state index contributed by atoms with van der Waals surface area (Å²) in [6, 6.07) is 39.5. The largest absolute Gasteiger partial charge is 0.305 e. The molecule has 0 N–H and O–H groups in total. The summed E-state index contributed by atoms with van der Waals surface area (Å²) < 4.78 is 16.6. The van der Waals surface area contributed by atoms with Gasteiger partial charge < -0.3 is 9.97 Å². The maximum absolute atomic E-state index is 8.65. The van der Waals surface area contributed by atoms with Gasteiger partial charge in [-0.3, -0.25) is 0 Å². The molecule has 3 aromatic carbocycles. The van der Waals surface area contributed by atoms with Crippen molar-refractivity contribution < 1.29 is 22.8 Å². The van der Waals surface area contributed by atoms with Crippen LogP contribution in [0.3, 0.4) is 0 Å². The molecule has 1 radical (unpaired) electrons. The molecule has 5 rings (SSSR count). The van der Waals surface area contributed by atoms with Crippen LogP contribution in [-0.4, -0.2) is 9.97 Å². The smallest absolute Gasteiger partial charge is 0.0346 e. The second-order valence-electron chi connectivity index (χ2n) is 8.40. The van der Waals surface area contributed by atoms with Gasteiger partial charge in [0.2, 0.25) is 0 Å². The fraction of sp³-hybridized carbons (Fsp3) is 0.152. The first kappa shape index (κ1) is 24.3. The van der Waals surface area contributed by atoms with Crippen LogP contribution in [0.2, 0.25) is 0 Å². The minimum absolute atomic E-state index is 0. The number of nitrogens with zero attached hydrogens (tertiary/aromatic N) is 2. The summed E-state index contributed by atoms with van der Waals surface area (Å²) in [7, 11) is 0. The predicted octanol–water partition coefficient (Wildman–Crippen LogP) is 8.37. The Labute approximate surface area is 231 Å². The zero-order chi connectivity index (χ0) is 26.3. The topological polar surface area (TPSA) is 25.8 Å². The molecule has 1 atom stereocenters. The molecule has 2 aromatic heterocycles. The average molecular weight is 649 g/mol. The molecular weight excluding hydrogens is 617 g/mol. The Bertz CT molecular complexity index is 1400. The number of aromatic nitrogens is 2. The van der Waals surface area contributed by atoms with Gasteiger partial charge in [-0.25, -0.2) is 0 Å². The summed E-state index contributed by atoms with van der Waals surface area (Å²) in [5.41, 5.74) is 6.55. The van der Waals surface area contributed by atoms with Gasteiger partial charge in [-0.05, 0) is 40.9 Å². The summed E-state index contributed by atoms with van der Waals surface area (Å²) in [5, 5.41) is 0. The molecule has 0 aliphatic rings. The molecule has 5 aromatic rings. The van der Waals surface area contributed by atoms with E-state index in [0.717, 1.165) is 39.2 Å². The van der Waals surface area contributed by atoms with E-state index in [4.69, 9.17) is 2.74 Å². The zero-order valence-electron chi connectivity index (χ0n) is 22.7. The van der Waals surface area contributed by atoms with Crippen molar-refractivity contribution in [2.24, 2.45) is 0 Å². The van der Waals surface area contributed by atoms with E-state index in [-0.39, 0.29) is 20.1 Å². The third kappa shape index (κ3) is 7.31. The second kappa shape index (κ2) is 13.6. The number of hydrogen-bond acceptors (Lipinski definition) is 2. The number of benzene rings is 3. The predicted molar refractivity (Wildman–Crippen MR) is 145 cm³/mol. The molecule has 2 nitrogen and oxygen atoms in total. The quantitative estimate of drug-likeness (QED) is 0.179. The third-order valence-corrected chi connectivity index (χ3v) is 5.72. The van der Waals surface area contributed by atoms with Gasteiger partial charge in [-0.1, -0.05) is 74.9 Å². The third-order valence-electron chi connectivity index (χ3n) is 5.72. The maximum atomic E-state index is 8.65. The molecule has 0 aliphatic carbocycles. The fourth-order valence-electron chi connectivity index (χ4n) is 3.64. The molecule has 0 aliphatic heterocycles. The molecule has 183 valence electrons. The first-order chi connectivity index (χ1) is 17.7. The van der Waals surface area contributed by atoms with Crippen molar-refractivity contribution in [1.82, 2.24) is 9.97 Å². The van der Waals surface area contributed by atoms with Crippen LogP contribution >= 0.6 is 0 Å². The van der Waals surface area contributed by atoms with E-state index in [0.29, 0.717) is 0 Å². The molecule has 0 fully saturated rings. The summed E-state index contributed by atoms with van der Waals surface area (Å²) in [6.45, 7) is 5.66. The Kier molecular flexibility index (Phi) is 9.21. The SMILES string of the molecule is [2H]C(C)(C)c1ccnc(-c2[c-]cccc2)c1.[2H]C(C)(c1c[c-]c(-c2ccccn2)cc1)c1ccccc1.[Ir]. The zero-order valence-corrected chi connectivity index (χ0v) is 23.1. The van der Waals surface area contributed by atoms with E-state index in [1.165, 1.54) is 0 Å². The summed E-state index contributed by atoms with van der Waals surface area (Å²) in [4.78, 5) is 8.63. The fourth-order valence-corrected chi connectivity index (χ4v) is 3.64. The van der Waals surface area contributed by atoms with Crippen molar-refractivity contribution in [1.29, 1.82) is 0 Å². The molecule has 36 heavy (non-hydrogen) atoms. The normalized spacial score (nSPS) is 13.1. The van der Waals surface area contributed by atoms with Gasteiger partial charge in [0.1, 0.15) is 0 Å². The molecular formula is C33H30IrN2-2. The van der Waals surface area contributed by atoms with Gasteiger partial charge in [0.05, 0.1) is 0 Å². The van der Waals surface area contributed by atoms with E-state index >= 15 is 0 Å². The van der Waals surface area contributed by atoms with Crippen LogP contribution in [0, 0.1) is 12.1 Å². The first-order valence-electron chi connectivity index (χ1n) is 12.7. The van der Waals surface area contributed by atoms with Crippen LogP contribution in [-0.2, 0) is 20.1 Å². The van der Waals surface area contributed by atoms with Crippen LogP contribution in [0.4, 0.5) is 0 Å². The molecule has 0 spiro atoms. The standard InChI is InChI=1S/C19H16N.C14H14N.Ir/c1-15(16-7-3-2-4-8-16)17-10-12-18(13-11-17)19-9-5-6-14-20-19;1-11(2)13-8-9-15-14(10-13)12-6-4-3-5-7-12;/h2-12,14-15H,1H3;3-6,8-11H,1-2H3;/q2*-1;/i15D;11D;. The van der Waals surface area contributed by atoms with Gasteiger partial charge in [0.25, 0.3) is 0 Å².